The minimum Gasteiger partial charge on any atom is -0.360 e. The van der Waals surface area contributed by atoms with Crippen LogP contribution in [0.2, 0.25) is 0 Å². The van der Waals surface area contributed by atoms with Crippen LogP contribution in [0.5, 0.6) is 0 Å². The van der Waals surface area contributed by atoms with Gasteiger partial charge in [-0.15, -0.1) is 0 Å². The molecule has 1 heterocycles. The third-order valence-electron chi connectivity index (χ3n) is 2.19. The second kappa shape index (κ2) is 5.12. The summed E-state index contributed by atoms with van der Waals surface area (Å²) in [7, 11) is 4.13. The van der Waals surface area contributed by atoms with Gasteiger partial charge in [-0.25, -0.2) is 4.98 Å². The Morgan fingerprint density at radius 3 is 3.00 bits per heavy atom. The topological polar surface area (TPSA) is 28.2 Å². The minimum absolute atomic E-state index is 0.925. The molecule has 0 saturated heterocycles. The zero-order valence-corrected chi connectivity index (χ0v) is 11.7. The summed E-state index contributed by atoms with van der Waals surface area (Å²) in [5, 5.41) is 4.33. The first kappa shape index (κ1) is 11.8. The molecule has 0 atom stereocenters. The number of thiazole rings is 1. The molecule has 0 amide bonds. The molecule has 0 unspecified atom stereocenters. The van der Waals surface area contributed by atoms with E-state index in [4.69, 9.17) is 0 Å². The van der Waals surface area contributed by atoms with Crippen molar-refractivity contribution in [2.45, 2.75) is 0 Å². The van der Waals surface area contributed by atoms with Gasteiger partial charge in [0.2, 0.25) is 0 Å². The Labute approximate surface area is 108 Å². The molecule has 3 nitrogen and oxygen atoms in total. The van der Waals surface area contributed by atoms with Crippen molar-refractivity contribution in [2.24, 2.45) is 0 Å². The van der Waals surface area contributed by atoms with E-state index < -0.39 is 0 Å². The van der Waals surface area contributed by atoms with Crippen LogP contribution in [-0.4, -0.2) is 37.1 Å². The zero-order valence-electron chi connectivity index (χ0n) is 9.33. The minimum atomic E-state index is 0.925. The molecule has 1 N–H and O–H groups in total. The molecule has 0 spiro atoms. The van der Waals surface area contributed by atoms with E-state index in [-0.39, 0.29) is 0 Å². The fraction of sp³-hybridized carbons (Fsp3) is 0.364. The number of fused-ring (bicyclic) bond motifs is 1. The number of hydrogen-bond donors (Lipinski definition) is 1. The molecule has 5 heteroatoms. The van der Waals surface area contributed by atoms with E-state index in [0.29, 0.717) is 0 Å². The van der Waals surface area contributed by atoms with Crippen LogP contribution in [0.4, 0.5) is 5.13 Å². The van der Waals surface area contributed by atoms with E-state index in [1.807, 2.05) is 12.1 Å². The summed E-state index contributed by atoms with van der Waals surface area (Å²) in [5.74, 6) is 0. The van der Waals surface area contributed by atoms with Crippen molar-refractivity contribution in [3.8, 4) is 0 Å². The van der Waals surface area contributed by atoms with Gasteiger partial charge in [0.15, 0.2) is 5.13 Å². The van der Waals surface area contributed by atoms with Crippen LogP contribution in [-0.2, 0) is 0 Å². The van der Waals surface area contributed by atoms with Gasteiger partial charge < -0.3 is 10.2 Å². The number of rotatable bonds is 4. The van der Waals surface area contributed by atoms with E-state index >= 15 is 0 Å². The highest BCUT2D eigenvalue weighted by atomic mass is 79.9. The smallest absolute Gasteiger partial charge is 0.183 e. The van der Waals surface area contributed by atoms with Crippen LogP contribution in [0.3, 0.4) is 0 Å². The van der Waals surface area contributed by atoms with Gasteiger partial charge in [0.1, 0.15) is 0 Å². The number of nitrogens with zero attached hydrogens (tertiary/aromatic N) is 2. The SMILES string of the molecule is CN(C)CCNc1nc2ccc(Br)cc2s1. The number of benzene rings is 1. The first-order chi connectivity index (χ1) is 7.65. The second-order valence-corrected chi connectivity index (χ2v) is 5.81. The summed E-state index contributed by atoms with van der Waals surface area (Å²) in [6.45, 7) is 1.94. The molecule has 0 saturated carbocycles. The fourth-order valence-electron chi connectivity index (χ4n) is 1.36. The van der Waals surface area contributed by atoms with Gasteiger partial charge in [-0.05, 0) is 32.3 Å². The molecule has 1 aromatic carbocycles. The molecule has 16 heavy (non-hydrogen) atoms. The first-order valence-corrected chi connectivity index (χ1v) is 6.71. The number of halogens is 1. The highest BCUT2D eigenvalue weighted by Crippen LogP contribution is 2.28. The molecule has 2 aromatic rings. The molecule has 0 bridgehead atoms. The summed E-state index contributed by atoms with van der Waals surface area (Å²) in [6, 6.07) is 6.16. The molecule has 2 rings (SSSR count). The predicted molar refractivity (Wildman–Crippen MR) is 74.4 cm³/mol. The monoisotopic (exact) mass is 299 g/mol. The number of hydrogen-bond acceptors (Lipinski definition) is 4. The van der Waals surface area contributed by atoms with Crippen LogP contribution < -0.4 is 5.32 Å². The van der Waals surface area contributed by atoms with E-state index in [1.165, 1.54) is 4.70 Å². The molecule has 86 valence electrons. The van der Waals surface area contributed by atoms with E-state index in [2.05, 4.69) is 51.3 Å². The Morgan fingerprint density at radius 2 is 2.25 bits per heavy atom. The highest BCUT2D eigenvalue weighted by Gasteiger charge is 2.03. The van der Waals surface area contributed by atoms with Gasteiger partial charge in [0.25, 0.3) is 0 Å². The summed E-state index contributed by atoms with van der Waals surface area (Å²) >= 11 is 5.16. The Morgan fingerprint density at radius 1 is 1.44 bits per heavy atom. The lowest BCUT2D eigenvalue weighted by atomic mass is 10.3. The van der Waals surface area contributed by atoms with E-state index in [9.17, 15) is 0 Å². The van der Waals surface area contributed by atoms with Crippen LogP contribution in [0.25, 0.3) is 10.2 Å². The quantitative estimate of drug-likeness (QED) is 0.940. The fourth-order valence-corrected chi connectivity index (χ4v) is 2.80. The largest absolute Gasteiger partial charge is 0.360 e. The average molecular weight is 300 g/mol. The molecule has 0 radical (unpaired) electrons. The lowest BCUT2D eigenvalue weighted by Crippen LogP contribution is -2.20. The van der Waals surface area contributed by atoms with Crippen molar-refractivity contribution < 1.29 is 0 Å². The highest BCUT2D eigenvalue weighted by molar-refractivity contribution is 9.10. The average Bonchev–Trinajstić information content (AvgIpc) is 2.58. The van der Waals surface area contributed by atoms with Gasteiger partial charge in [-0.2, -0.15) is 0 Å². The normalized spacial score (nSPS) is 11.2. The zero-order chi connectivity index (χ0) is 11.5. The van der Waals surface area contributed by atoms with Crippen molar-refractivity contribution in [2.75, 3.05) is 32.5 Å². The molecular weight excluding hydrogens is 286 g/mol. The van der Waals surface area contributed by atoms with Crippen LogP contribution >= 0.6 is 27.3 Å². The standard InChI is InChI=1S/C11H14BrN3S/c1-15(2)6-5-13-11-14-9-4-3-8(12)7-10(9)16-11/h3-4,7H,5-6H2,1-2H3,(H,13,14). The molecule has 0 aliphatic rings. The van der Waals surface area contributed by atoms with Gasteiger partial charge in [0, 0.05) is 17.6 Å². The summed E-state index contributed by atoms with van der Waals surface area (Å²) < 4.78 is 2.31. The lowest BCUT2D eigenvalue weighted by Gasteiger charge is -2.08. The van der Waals surface area contributed by atoms with Crippen LogP contribution in [0, 0.1) is 0 Å². The van der Waals surface area contributed by atoms with E-state index in [0.717, 1.165) is 28.2 Å². The summed E-state index contributed by atoms with van der Waals surface area (Å²) in [5.41, 5.74) is 1.06. The maximum absolute atomic E-state index is 4.52. The predicted octanol–water partition coefficient (Wildman–Crippen LogP) is 3.03. The lowest BCUT2D eigenvalue weighted by molar-refractivity contribution is 0.425. The Bertz CT molecular complexity index is 481. The first-order valence-electron chi connectivity index (χ1n) is 5.10. The number of nitrogens with one attached hydrogen (secondary N) is 1. The number of aromatic nitrogens is 1. The third kappa shape index (κ3) is 2.93. The summed E-state index contributed by atoms with van der Waals surface area (Å²) in [6.07, 6.45) is 0. The summed E-state index contributed by atoms with van der Waals surface area (Å²) in [4.78, 5) is 6.67. The maximum atomic E-state index is 4.52. The number of likely N-dealkylation sites (N-methyl/N-ethyl adjacent to an activating group) is 1. The third-order valence-corrected chi connectivity index (χ3v) is 3.65. The van der Waals surface area contributed by atoms with Gasteiger partial charge in [-0.3, -0.25) is 0 Å². The Kier molecular flexibility index (Phi) is 3.78. The van der Waals surface area contributed by atoms with Crippen molar-refractivity contribution in [3.63, 3.8) is 0 Å². The van der Waals surface area contributed by atoms with Crippen molar-refractivity contribution in [3.05, 3.63) is 22.7 Å². The molecule has 0 fully saturated rings. The van der Waals surface area contributed by atoms with Crippen LogP contribution in [0.1, 0.15) is 0 Å². The van der Waals surface area contributed by atoms with Gasteiger partial charge in [-0.1, -0.05) is 27.3 Å². The number of anilines is 1. The molecule has 1 aromatic heterocycles. The van der Waals surface area contributed by atoms with Gasteiger partial charge >= 0.3 is 0 Å². The Balaban J connectivity index is 2.08. The molecule has 0 aliphatic carbocycles. The van der Waals surface area contributed by atoms with Crippen molar-refractivity contribution in [1.29, 1.82) is 0 Å². The maximum Gasteiger partial charge on any atom is 0.183 e. The Hall–Kier alpha value is -0.650. The van der Waals surface area contributed by atoms with Crippen molar-refractivity contribution >= 4 is 42.6 Å². The van der Waals surface area contributed by atoms with E-state index in [1.54, 1.807) is 11.3 Å². The second-order valence-electron chi connectivity index (χ2n) is 3.86. The van der Waals surface area contributed by atoms with Gasteiger partial charge in [0.05, 0.1) is 10.2 Å². The van der Waals surface area contributed by atoms with Crippen LogP contribution in [0.15, 0.2) is 22.7 Å². The molecule has 0 aliphatic heterocycles. The van der Waals surface area contributed by atoms with Crippen molar-refractivity contribution in [1.82, 2.24) is 9.88 Å². The molecular formula is C11H14BrN3S.